The number of carboxylic acid groups (broad SMARTS) is 1. The summed E-state index contributed by atoms with van der Waals surface area (Å²) in [7, 11) is 3.16. The van der Waals surface area contributed by atoms with Crippen molar-refractivity contribution >= 4 is 17.0 Å². The zero-order chi connectivity index (χ0) is 11.0. The highest BCUT2D eigenvalue weighted by atomic mass is 16.5. The van der Waals surface area contributed by atoms with Gasteiger partial charge in [0.2, 0.25) is 0 Å². The van der Waals surface area contributed by atoms with Crippen molar-refractivity contribution in [3.63, 3.8) is 0 Å². The van der Waals surface area contributed by atoms with E-state index in [4.69, 9.17) is 9.84 Å². The number of ether oxygens (including phenoxy) is 1. The molecule has 0 aliphatic carbocycles. The van der Waals surface area contributed by atoms with Gasteiger partial charge in [-0.25, -0.2) is 9.48 Å². The van der Waals surface area contributed by atoms with E-state index < -0.39 is 5.97 Å². The van der Waals surface area contributed by atoms with Gasteiger partial charge in [-0.1, -0.05) is 5.21 Å². The Kier molecular flexibility index (Phi) is 2.03. The van der Waals surface area contributed by atoms with Gasteiger partial charge in [-0.15, -0.1) is 5.10 Å². The van der Waals surface area contributed by atoms with E-state index >= 15 is 0 Å². The number of fused-ring (bicyclic) bond motifs is 1. The van der Waals surface area contributed by atoms with Crippen LogP contribution in [0, 0.1) is 0 Å². The largest absolute Gasteiger partial charge is 0.496 e. The molecule has 1 heterocycles. The maximum Gasteiger partial charge on any atom is 0.339 e. The van der Waals surface area contributed by atoms with Crippen molar-refractivity contribution in [3.8, 4) is 5.75 Å². The minimum Gasteiger partial charge on any atom is -0.496 e. The average molecular weight is 207 g/mol. The van der Waals surface area contributed by atoms with Gasteiger partial charge in [0.05, 0.1) is 12.6 Å². The Balaban J connectivity index is 2.76. The Labute approximate surface area is 85.1 Å². The van der Waals surface area contributed by atoms with Crippen LogP contribution in [0.3, 0.4) is 0 Å². The third-order valence-corrected chi connectivity index (χ3v) is 2.16. The number of hydrogen-bond donors (Lipinski definition) is 1. The molecule has 0 amide bonds. The van der Waals surface area contributed by atoms with Crippen molar-refractivity contribution in [2.75, 3.05) is 7.11 Å². The van der Waals surface area contributed by atoms with Crippen LogP contribution in [0.15, 0.2) is 12.1 Å². The average Bonchev–Trinajstić information content (AvgIpc) is 2.58. The van der Waals surface area contributed by atoms with E-state index in [0.717, 1.165) is 5.52 Å². The number of hydrogen-bond acceptors (Lipinski definition) is 4. The summed E-state index contributed by atoms with van der Waals surface area (Å²) < 4.78 is 6.55. The van der Waals surface area contributed by atoms with Crippen LogP contribution in [-0.2, 0) is 7.05 Å². The zero-order valence-electron chi connectivity index (χ0n) is 8.26. The van der Waals surface area contributed by atoms with Crippen molar-refractivity contribution in [2.24, 2.45) is 7.05 Å². The summed E-state index contributed by atoms with van der Waals surface area (Å²) in [6.07, 6.45) is 0. The molecule has 0 spiro atoms. The Morgan fingerprint density at radius 1 is 1.53 bits per heavy atom. The first-order chi connectivity index (χ1) is 7.13. The van der Waals surface area contributed by atoms with E-state index in [-0.39, 0.29) is 5.56 Å². The number of benzene rings is 1. The smallest absolute Gasteiger partial charge is 0.339 e. The molecular formula is C9H9N3O3. The van der Waals surface area contributed by atoms with Gasteiger partial charge in [-0.05, 0) is 6.07 Å². The Morgan fingerprint density at radius 2 is 2.27 bits per heavy atom. The van der Waals surface area contributed by atoms with Crippen LogP contribution in [0.5, 0.6) is 5.75 Å². The van der Waals surface area contributed by atoms with Crippen LogP contribution in [0.1, 0.15) is 10.4 Å². The summed E-state index contributed by atoms with van der Waals surface area (Å²) in [4.78, 5) is 10.9. The summed E-state index contributed by atoms with van der Waals surface area (Å²) in [6.45, 7) is 0. The van der Waals surface area contributed by atoms with E-state index in [9.17, 15) is 4.79 Å². The predicted molar refractivity (Wildman–Crippen MR) is 52.0 cm³/mol. The highest BCUT2D eigenvalue weighted by molar-refractivity contribution is 5.95. The van der Waals surface area contributed by atoms with Gasteiger partial charge in [0.1, 0.15) is 16.8 Å². The van der Waals surface area contributed by atoms with E-state index in [1.54, 1.807) is 17.8 Å². The minimum atomic E-state index is -1.04. The molecule has 0 fully saturated rings. The normalized spacial score (nSPS) is 10.5. The lowest BCUT2D eigenvalue weighted by Gasteiger charge is -2.04. The summed E-state index contributed by atoms with van der Waals surface area (Å²) in [6, 6.07) is 3.06. The molecule has 2 rings (SSSR count). The van der Waals surface area contributed by atoms with Crippen LogP contribution in [0.25, 0.3) is 11.0 Å². The number of methoxy groups -OCH3 is 1. The summed E-state index contributed by atoms with van der Waals surface area (Å²) in [5.74, 6) is -0.736. The molecule has 0 unspecified atom stereocenters. The van der Waals surface area contributed by atoms with E-state index in [0.29, 0.717) is 11.3 Å². The highest BCUT2D eigenvalue weighted by Gasteiger charge is 2.14. The Morgan fingerprint density at radius 3 is 2.87 bits per heavy atom. The molecule has 0 aliphatic heterocycles. The number of aromatic nitrogens is 3. The first-order valence-corrected chi connectivity index (χ1v) is 4.24. The second kappa shape index (κ2) is 3.23. The SMILES string of the molecule is COc1cc2c(cc1C(=O)O)nnn2C. The maximum absolute atomic E-state index is 10.9. The van der Waals surface area contributed by atoms with Gasteiger partial charge in [0.25, 0.3) is 0 Å². The molecule has 0 saturated carbocycles. The lowest BCUT2D eigenvalue weighted by Crippen LogP contribution is -2.00. The van der Waals surface area contributed by atoms with Crippen LogP contribution in [0.4, 0.5) is 0 Å². The van der Waals surface area contributed by atoms with Crippen molar-refractivity contribution in [3.05, 3.63) is 17.7 Å². The Hall–Kier alpha value is -2.11. The lowest BCUT2D eigenvalue weighted by molar-refractivity contribution is 0.0693. The van der Waals surface area contributed by atoms with E-state index in [2.05, 4.69) is 10.3 Å². The molecule has 1 aromatic carbocycles. The number of aromatic carboxylic acids is 1. The molecule has 0 aliphatic rings. The first-order valence-electron chi connectivity index (χ1n) is 4.24. The van der Waals surface area contributed by atoms with Gasteiger partial charge in [0.15, 0.2) is 0 Å². The molecule has 0 bridgehead atoms. The minimum absolute atomic E-state index is 0.0884. The summed E-state index contributed by atoms with van der Waals surface area (Å²) in [5, 5.41) is 16.5. The van der Waals surface area contributed by atoms with Crippen molar-refractivity contribution in [2.45, 2.75) is 0 Å². The van der Waals surface area contributed by atoms with Gasteiger partial charge >= 0.3 is 5.97 Å². The summed E-state index contributed by atoms with van der Waals surface area (Å²) in [5.41, 5.74) is 1.36. The molecule has 2 aromatic rings. The standard InChI is InChI=1S/C9H9N3O3/c1-12-7-4-8(15-2)5(9(13)14)3-6(7)10-11-12/h3-4H,1-2H3,(H,13,14). The zero-order valence-corrected chi connectivity index (χ0v) is 8.26. The van der Waals surface area contributed by atoms with Crippen LogP contribution < -0.4 is 4.74 Å². The molecule has 6 nitrogen and oxygen atoms in total. The molecule has 1 N–H and O–H groups in total. The Bertz CT molecular complexity index is 533. The van der Waals surface area contributed by atoms with Crippen LogP contribution in [-0.4, -0.2) is 33.2 Å². The number of rotatable bonds is 2. The highest BCUT2D eigenvalue weighted by Crippen LogP contribution is 2.24. The fourth-order valence-corrected chi connectivity index (χ4v) is 1.40. The van der Waals surface area contributed by atoms with Crippen LogP contribution in [0.2, 0.25) is 0 Å². The monoisotopic (exact) mass is 207 g/mol. The summed E-state index contributed by atoms with van der Waals surface area (Å²) >= 11 is 0. The molecule has 0 radical (unpaired) electrons. The van der Waals surface area contributed by atoms with Crippen molar-refractivity contribution in [1.29, 1.82) is 0 Å². The first kappa shape index (κ1) is 9.45. The van der Waals surface area contributed by atoms with Gasteiger partial charge in [0, 0.05) is 13.1 Å². The topological polar surface area (TPSA) is 77.2 Å². The lowest BCUT2D eigenvalue weighted by atomic mass is 10.2. The van der Waals surface area contributed by atoms with Crippen molar-refractivity contribution < 1.29 is 14.6 Å². The molecule has 0 atom stereocenters. The van der Waals surface area contributed by atoms with E-state index in [1.807, 2.05) is 0 Å². The predicted octanol–water partition coefficient (Wildman–Crippen LogP) is 0.675. The molecular weight excluding hydrogens is 198 g/mol. The number of aryl methyl sites for hydroxylation is 1. The quantitative estimate of drug-likeness (QED) is 0.783. The molecule has 0 saturated heterocycles. The molecule has 6 heteroatoms. The maximum atomic E-state index is 10.9. The number of carbonyl (C=O) groups is 1. The van der Waals surface area contributed by atoms with Gasteiger partial charge in [-0.3, -0.25) is 0 Å². The van der Waals surface area contributed by atoms with Gasteiger partial charge < -0.3 is 9.84 Å². The fourth-order valence-electron chi connectivity index (χ4n) is 1.40. The molecule has 78 valence electrons. The second-order valence-corrected chi connectivity index (χ2v) is 3.06. The van der Waals surface area contributed by atoms with Crippen molar-refractivity contribution in [1.82, 2.24) is 15.0 Å². The number of nitrogens with zero attached hydrogens (tertiary/aromatic N) is 3. The second-order valence-electron chi connectivity index (χ2n) is 3.06. The van der Waals surface area contributed by atoms with Gasteiger partial charge in [-0.2, -0.15) is 0 Å². The number of carboxylic acids is 1. The fraction of sp³-hybridized carbons (Fsp3) is 0.222. The van der Waals surface area contributed by atoms with E-state index in [1.165, 1.54) is 13.2 Å². The molecule has 1 aromatic heterocycles. The third-order valence-electron chi connectivity index (χ3n) is 2.16. The molecule has 15 heavy (non-hydrogen) atoms. The van der Waals surface area contributed by atoms with Crippen LogP contribution >= 0.6 is 0 Å². The third kappa shape index (κ3) is 1.39.